The molecule has 1 aromatic heterocycles. The van der Waals surface area contributed by atoms with E-state index in [0.29, 0.717) is 12.1 Å². The molecule has 3 N–H and O–H groups in total. The number of aromatic nitrogens is 1. The van der Waals surface area contributed by atoms with Gasteiger partial charge in [-0.1, -0.05) is 6.07 Å². The Morgan fingerprint density at radius 2 is 2.20 bits per heavy atom. The zero-order valence-electron chi connectivity index (χ0n) is 12.2. The lowest BCUT2D eigenvalue weighted by atomic mass is 10.1. The van der Waals surface area contributed by atoms with E-state index < -0.39 is 0 Å². The molecule has 0 bridgehead atoms. The van der Waals surface area contributed by atoms with Gasteiger partial charge in [0.05, 0.1) is 10.7 Å². The van der Waals surface area contributed by atoms with Gasteiger partial charge in [0.2, 0.25) is 0 Å². The van der Waals surface area contributed by atoms with Crippen molar-refractivity contribution in [1.82, 2.24) is 10.3 Å². The van der Waals surface area contributed by atoms with Gasteiger partial charge in [-0.3, -0.25) is 0 Å². The first-order chi connectivity index (χ1) is 9.54. The van der Waals surface area contributed by atoms with Crippen molar-refractivity contribution in [1.29, 1.82) is 0 Å². The monoisotopic (exact) mass is 287 g/mol. The maximum absolute atomic E-state index is 5.86. The van der Waals surface area contributed by atoms with Crippen LogP contribution >= 0.6 is 11.3 Å². The standard InChI is InChI=1S/C16H21N3S/c1-9-16(20-11(3)18-9)10(2)19-15-7-4-12-8-13(17)5-6-14(12)15/h5-6,8,10,15,19H,4,7,17H2,1-3H3. The Morgan fingerprint density at radius 3 is 2.90 bits per heavy atom. The van der Waals surface area contributed by atoms with Crippen LogP contribution in [-0.2, 0) is 6.42 Å². The minimum Gasteiger partial charge on any atom is -0.399 e. The Bertz CT molecular complexity index is 633. The third-order valence-corrected chi connectivity index (χ3v) is 5.28. The SMILES string of the molecule is Cc1nc(C)c(C(C)NC2CCc3cc(N)ccc32)s1. The fraction of sp³-hybridized carbons (Fsp3) is 0.438. The highest BCUT2D eigenvalue weighted by Crippen LogP contribution is 2.35. The molecule has 0 saturated carbocycles. The van der Waals surface area contributed by atoms with E-state index in [-0.39, 0.29) is 0 Å². The molecule has 3 rings (SSSR count). The second-order valence-corrected chi connectivity index (χ2v) is 6.86. The molecule has 0 saturated heterocycles. The molecule has 2 atom stereocenters. The lowest BCUT2D eigenvalue weighted by Gasteiger charge is -2.20. The van der Waals surface area contributed by atoms with Gasteiger partial charge in [-0.15, -0.1) is 11.3 Å². The van der Waals surface area contributed by atoms with Gasteiger partial charge in [0.1, 0.15) is 0 Å². The summed E-state index contributed by atoms with van der Waals surface area (Å²) in [5.41, 5.74) is 10.7. The number of hydrogen-bond donors (Lipinski definition) is 2. The van der Waals surface area contributed by atoms with Crippen molar-refractivity contribution in [2.75, 3.05) is 5.73 Å². The highest BCUT2D eigenvalue weighted by Gasteiger charge is 2.25. The Labute approximate surface area is 124 Å². The maximum atomic E-state index is 5.86. The fourth-order valence-electron chi connectivity index (χ4n) is 3.14. The minimum absolute atomic E-state index is 0.342. The van der Waals surface area contributed by atoms with E-state index in [9.17, 15) is 0 Å². The number of hydrogen-bond acceptors (Lipinski definition) is 4. The molecular formula is C16H21N3S. The summed E-state index contributed by atoms with van der Waals surface area (Å²) < 4.78 is 0. The Kier molecular flexibility index (Phi) is 3.52. The zero-order chi connectivity index (χ0) is 14.3. The molecular weight excluding hydrogens is 266 g/mol. The number of benzene rings is 1. The predicted octanol–water partition coefficient (Wildman–Crippen LogP) is 3.68. The van der Waals surface area contributed by atoms with Crippen LogP contribution in [0.5, 0.6) is 0 Å². The predicted molar refractivity (Wildman–Crippen MR) is 85.1 cm³/mol. The van der Waals surface area contributed by atoms with Crippen LogP contribution in [0.1, 0.15) is 52.1 Å². The van der Waals surface area contributed by atoms with Crippen molar-refractivity contribution in [3.05, 3.63) is 44.9 Å². The zero-order valence-corrected chi connectivity index (χ0v) is 13.1. The normalized spacial score (nSPS) is 19.1. The first-order valence-electron chi connectivity index (χ1n) is 7.13. The van der Waals surface area contributed by atoms with Gasteiger partial charge in [0.15, 0.2) is 0 Å². The summed E-state index contributed by atoms with van der Waals surface area (Å²) in [5, 5.41) is 4.90. The van der Waals surface area contributed by atoms with Gasteiger partial charge in [-0.2, -0.15) is 0 Å². The number of nitrogen functional groups attached to an aromatic ring is 1. The summed E-state index contributed by atoms with van der Waals surface area (Å²) in [6.45, 7) is 6.40. The molecule has 4 heteroatoms. The smallest absolute Gasteiger partial charge is 0.0900 e. The van der Waals surface area contributed by atoms with Gasteiger partial charge in [-0.25, -0.2) is 4.98 Å². The van der Waals surface area contributed by atoms with Gasteiger partial charge in [0.25, 0.3) is 0 Å². The molecule has 1 aliphatic rings. The third kappa shape index (κ3) is 2.45. The summed E-state index contributed by atoms with van der Waals surface area (Å²) in [7, 11) is 0. The fourth-order valence-corrected chi connectivity index (χ4v) is 4.08. The summed E-state index contributed by atoms with van der Waals surface area (Å²) in [6, 6.07) is 7.07. The Morgan fingerprint density at radius 1 is 1.40 bits per heavy atom. The van der Waals surface area contributed by atoms with Crippen LogP contribution in [0.3, 0.4) is 0 Å². The van der Waals surface area contributed by atoms with Crippen molar-refractivity contribution in [2.24, 2.45) is 0 Å². The Balaban J connectivity index is 1.79. The van der Waals surface area contributed by atoms with Crippen molar-refractivity contribution >= 4 is 17.0 Å². The number of rotatable bonds is 3. The van der Waals surface area contributed by atoms with E-state index in [0.717, 1.165) is 29.2 Å². The molecule has 0 aliphatic heterocycles. The van der Waals surface area contributed by atoms with Gasteiger partial charge in [-0.05, 0) is 56.9 Å². The summed E-state index contributed by atoms with van der Waals surface area (Å²) in [4.78, 5) is 5.88. The molecule has 20 heavy (non-hydrogen) atoms. The van der Waals surface area contributed by atoms with Gasteiger partial charge in [0, 0.05) is 22.6 Å². The summed E-state index contributed by atoms with van der Waals surface area (Å²) in [6.07, 6.45) is 2.27. The molecule has 1 heterocycles. The van der Waals surface area contributed by atoms with Crippen LogP contribution in [0.25, 0.3) is 0 Å². The molecule has 0 radical (unpaired) electrons. The molecule has 1 aliphatic carbocycles. The number of anilines is 1. The van der Waals surface area contributed by atoms with Crippen LogP contribution in [0, 0.1) is 13.8 Å². The van der Waals surface area contributed by atoms with Crippen LogP contribution in [0.15, 0.2) is 18.2 Å². The number of fused-ring (bicyclic) bond motifs is 1. The van der Waals surface area contributed by atoms with Crippen molar-refractivity contribution in [2.45, 2.75) is 45.7 Å². The lowest BCUT2D eigenvalue weighted by molar-refractivity contribution is 0.468. The number of nitrogens with two attached hydrogens (primary N) is 1. The van der Waals surface area contributed by atoms with E-state index >= 15 is 0 Å². The van der Waals surface area contributed by atoms with E-state index in [1.807, 2.05) is 6.07 Å². The topological polar surface area (TPSA) is 50.9 Å². The van der Waals surface area contributed by atoms with Crippen LogP contribution in [0.2, 0.25) is 0 Å². The quantitative estimate of drug-likeness (QED) is 0.847. The van der Waals surface area contributed by atoms with E-state index in [1.165, 1.54) is 16.0 Å². The highest BCUT2D eigenvalue weighted by molar-refractivity contribution is 7.11. The van der Waals surface area contributed by atoms with E-state index in [4.69, 9.17) is 5.73 Å². The van der Waals surface area contributed by atoms with E-state index in [2.05, 4.69) is 43.2 Å². The Hall–Kier alpha value is -1.39. The van der Waals surface area contributed by atoms with Crippen molar-refractivity contribution in [3.63, 3.8) is 0 Å². The summed E-state index contributed by atoms with van der Waals surface area (Å²) >= 11 is 1.80. The largest absolute Gasteiger partial charge is 0.399 e. The molecule has 1 aromatic carbocycles. The molecule has 2 unspecified atom stereocenters. The van der Waals surface area contributed by atoms with Crippen LogP contribution < -0.4 is 11.1 Å². The second-order valence-electron chi connectivity index (χ2n) is 5.62. The maximum Gasteiger partial charge on any atom is 0.0900 e. The third-order valence-electron chi connectivity index (χ3n) is 4.03. The number of nitrogens with zero attached hydrogens (tertiary/aromatic N) is 1. The van der Waals surface area contributed by atoms with Crippen LogP contribution in [-0.4, -0.2) is 4.98 Å². The number of nitrogens with one attached hydrogen (secondary N) is 1. The lowest BCUT2D eigenvalue weighted by Crippen LogP contribution is -2.22. The molecule has 106 valence electrons. The van der Waals surface area contributed by atoms with Gasteiger partial charge >= 0.3 is 0 Å². The highest BCUT2D eigenvalue weighted by atomic mass is 32.1. The molecule has 0 fully saturated rings. The van der Waals surface area contributed by atoms with Crippen molar-refractivity contribution < 1.29 is 0 Å². The van der Waals surface area contributed by atoms with Crippen LogP contribution in [0.4, 0.5) is 5.69 Å². The van der Waals surface area contributed by atoms with Gasteiger partial charge < -0.3 is 11.1 Å². The molecule has 0 spiro atoms. The number of aryl methyl sites for hydroxylation is 3. The molecule has 3 nitrogen and oxygen atoms in total. The summed E-state index contributed by atoms with van der Waals surface area (Å²) in [5.74, 6) is 0. The minimum atomic E-state index is 0.342. The average molecular weight is 287 g/mol. The second kappa shape index (κ2) is 5.19. The van der Waals surface area contributed by atoms with Crippen molar-refractivity contribution in [3.8, 4) is 0 Å². The van der Waals surface area contributed by atoms with E-state index in [1.54, 1.807) is 11.3 Å². The molecule has 0 amide bonds. The first kappa shape index (κ1) is 13.6. The molecule has 2 aromatic rings. The first-order valence-corrected chi connectivity index (χ1v) is 7.94. The average Bonchev–Trinajstić information content (AvgIpc) is 2.93. The number of thiazole rings is 1.